The molecule has 3 rings (SSSR count). The van der Waals surface area contributed by atoms with E-state index in [0.29, 0.717) is 16.1 Å². The molecule has 2 aromatic carbocycles. The number of carbonyl (C=O) groups excluding carboxylic acids is 1. The monoisotopic (exact) mass is 327 g/mol. The molecule has 0 aliphatic heterocycles. The van der Waals surface area contributed by atoms with Crippen molar-refractivity contribution in [2.45, 2.75) is 12.3 Å². The highest BCUT2D eigenvalue weighted by molar-refractivity contribution is 6.30. The Kier molecular flexibility index (Phi) is 4.17. The van der Waals surface area contributed by atoms with Gasteiger partial charge in [0.1, 0.15) is 0 Å². The lowest BCUT2D eigenvalue weighted by Gasteiger charge is -2.11. The SMILES string of the molecule is O=C(C[C@H](C(=O)O)c1c[nH]c2ccccc12)c1ccc(Cl)cc1. The Bertz CT molecular complexity index is 867. The van der Waals surface area contributed by atoms with Crippen molar-refractivity contribution in [3.63, 3.8) is 0 Å². The van der Waals surface area contributed by atoms with Crippen molar-refractivity contribution in [1.82, 2.24) is 4.98 Å². The number of hydrogen-bond acceptors (Lipinski definition) is 2. The number of nitrogens with one attached hydrogen (secondary N) is 1. The number of H-pyrrole nitrogens is 1. The highest BCUT2D eigenvalue weighted by atomic mass is 35.5. The zero-order chi connectivity index (χ0) is 16.4. The lowest BCUT2D eigenvalue weighted by molar-refractivity contribution is -0.138. The molecule has 1 aromatic heterocycles. The normalized spacial score (nSPS) is 12.2. The van der Waals surface area contributed by atoms with E-state index < -0.39 is 11.9 Å². The van der Waals surface area contributed by atoms with Crippen LogP contribution in [0.2, 0.25) is 5.02 Å². The number of aromatic amines is 1. The number of benzene rings is 2. The molecule has 0 unspecified atom stereocenters. The molecule has 1 heterocycles. The Morgan fingerprint density at radius 3 is 2.48 bits per heavy atom. The first-order chi connectivity index (χ1) is 11.1. The molecule has 2 N–H and O–H groups in total. The second kappa shape index (κ2) is 6.26. The van der Waals surface area contributed by atoms with E-state index in [1.54, 1.807) is 30.5 Å². The van der Waals surface area contributed by atoms with Gasteiger partial charge in [-0.2, -0.15) is 0 Å². The number of para-hydroxylation sites is 1. The Labute approximate surface area is 137 Å². The Balaban J connectivity index is 1.92. The first-order valence-corrected chi connectivity index (χ1v) is 7.51. The van der Waals surface area contributed by atoms with E-state index in [1.807, 2.05) is 24.3 Å². The number of Topliss-reactive ketones (excluding diaryl/α,β-unsaturated/α-hetero) is 1. The van der Waals surface area contributed by atoms with Crippen LogP contribution < -0.4 is 0 Å². The summed E-state index contributed by atoms with van der Waals surface area (Å²) in [4.78, 5) is 27.1. The molecule has 116 valence electrons. The van der Waals surface area contributed by atoms with Crippen LogP contribution in [0.4, 0.5) is 0 Å². The van der Waals surface area contributed by atoms with Gasteiger partial charge in [0.25, 0.3) is 0 Å². The highest BCUT2D eigenvalue weighted by Gasteiger charge is 2.26. The molecule has 0 amide bonds. The van der Waals surface area contributed by atoms with Crippen LogP contribution in [0.5, 0.6) is 0 Å². The van der Waals surface area contributed by atoms with Crippen LogP contribution in [0, 0.1) is 0 Å². The Morgan fingerprint density at radius 1 is 1.09 bits per heavy atom. The van der Waals surface area contributed by atoms with Gasteiger partial charge in [-0.3, -0.25) is 9.59 Å². The Morgan fingerprint density at radius 2 is 1.78 bits per heavy atom. The minimum absolute atomic E-state index is 0.0984. The Hall–Kier alpha value is -2.59. The molecule has 0 aliphatic rings. The van der Waals surface area contributed by atoms with Gasteiger partial charge in [0.2, 0.25) is 0 Å². The third kappa shape index (κ3) is 3.12. The lowest BCUT2D eigenvalue weighted by Crippen LogP contribution is -2.16. The van der Waals surface area contributed by atoms with Crippen molar-refractivity contribution in [3.8, 4) is 0 Å². The molecule has 0 saturated carbocycles. The van der Waals surface area contributed by atoms with Gasteiger partial charge in [-0.15, -0.1) is 0 Å². The number of carboxylic acid groups (broad SMARTS) is 1. The van der Waals surface area contributed by atoms with E-state index in [1.165, 1.54) is 0 Å². The van der Waals surface area contributed by atoms with Crippen LogP contribution in [0.1, 0.15) is 28.3 Å². The topological polar surface area (TPSA) is 70.2 Å². The van der Waals surface area contributed by atoms with Gasteiger partial charge in [-0.05, 0) is 35.9 Å². The molecule has 0 bridgehead atoms. The molecule has 5 heteroatoms. The lowest BCUT2D eigenvalue weighted by atomic mass is 9.91. The van der Waals surface area contributed by atoms with Crippen LogP contribution in [-0.4, -0.2) is 21.8 Å². The van der Waals surface area contributed by atoms with Gasteiger partial charge in [0.15, 0.2) is 5.78 Å². The van der Waals surface area contributed by atoms with Crippen molar-refractivity contribution < 1.29 is 14.7 Å². The fourth-order valence-electron chi connectivity index (χ4n) is 2.65. The highest BCUT2D eigenvalue weighted by Crippen LogP contribution is 2.29. The van der Waals surface area contributed by atoms with Gasteiger partial charge >= 0.3 is 5.97 Å². The molecule has 3 aromatic rings. The molecule has 0 fully saturated rings. The minimum Gasteiger partial charge on any atom is -0.481 e. The summed E-state index contributed by atoms with van der Waals surface area (Å²) >= 11 is 5.81. The maximum atomic E-state index is 12.4. The first-order valence-electron chi connectivity index (χ1n) is 7.14. The van der Waals surface area contributed by atoms with Crippen LogP contribution in [0.15, 0.2) is 54.7 Å². The number of ketones is 1. The second-order valence-electron chi connectivity index (χ2n) is 5.31. The van der Waals surface area contributed by atoms with Crippen molar-refractivity contribution in [2.24, 2.45) is 0 Å². The van der Waals surface area contributed by atoms with Gasteiger partial charge in [-0.25, -0.2) is 0 Å². The molecule has 23 heavy (non-hydrogen) atoms. The smallest absolute Gasteiger partial charge is 0.311 e. The summed E-state index contributed by atoms with van der Waals surface area (Å²) in [6.45, 7) is 0. The van der Waals surface area contributed by atoms with Crippen molar-refractivity contribution in [3.05, 3.63) is 70.9 Å². The number of aliphatic carboxylic acids is 1. The number of aromatic nitrogens is 1. The summed E-state index contributed by atoms with van der Waals surface area (Å²) in [6, 6.07) is 13.9. The van der Waals surface area contributed by atoms with Crippen molar-refractivity contribution in [1.29, 1.82) is 0 Å². The van der Waals surface area contributed by atoms with Crippen molar-refractivity contribution >= 4 is 34.3 Å². The third-order valence-corrected chi connectivity index (χ3v) is 4.10. The molecule has 0 saturated heterocycles. The fourth-order valence-corrected chi connectivity index (χ4v) is 2.78. The molecule has 0 aliphatic carbocycles. The summed E-state index contributed by atoms with van der Waals surface area (Å²) in [5.41, 5.74) is 1.93. The summed E-state index contributed by atoms with van der Waals surface area (Å²) in [6.07, 6.45) is 1.57. The van der Waals surface area contributed by atoms with E-state index in [-0.39, 0.29) is 12.2 Å². The number of carbonyl (C=O) groups is 2. The van der Waals surface area contributed by atoms with Gasteiger partial charge in [-0.1, -0.05) is 29.8 Å². The largest absolute Gasteiger partial charge is 0.481 e. The van der Waals surface area contributed by atoms with E-state index >= 15 is 0 Å². The van der Waals surface area contributed by atoms with Gasteiger partial charge < -0.3 is 10.1 Å². The first kappa shape index (κ1) is 15.3. The third-order valence-electron chi connectivity index (χ3n) is 3.85. The zero-order valence-corrected chi connectivity index (χ0v) is 12.9. The average molecular weight is 328 g/mol. The maximum absolute atomic E-state index is 12.4. The van der Waals surface area contributed by atoms with E-state index in [2.05, 4.69) is 4.98 Å². The number of halogens is 1. The molecular weight excluding hydrogens is 314 g/mol. The maximum Gasteiger partial charge on any atom is 0.311 e. The van der Waals surface area contributed by atoms with Gasteiger partial charge in [0, 0.05) is 34.1 Å². The number of hydrogen-bond donors (Lipinski definition) is 2. The predicted octanol–water partition coefficient (Wildman–Crippen LogP) is 4.26. The molecular formula is C18H14ClNO3. The van der Waals surface area contributed by atoms with E-state index in [9.17, 15) is 14.7 Å². The van der Waals surface area contributed by atoms with Crippen molar-refractivity contribution in [2.75, 3.05) is 0 Å². The molecule has 0 spiro atoms. The predicted molar refractivity (Wildman–Crippen MR) is 89.1 cm³/mol. The number of carboxylic acids is 1. The number of rotatable bonds is 5. The van der Waals surface area contributed by atoms with Crippen LogP contribution in [-0.2, 0) is 4.79 Å². The standard InChI is InChI=1S/C18H14ClNO3/c19-12-7-5-11(6-8-12)17(21)9-14(18(22)23)15-10-20-16-4-2-1-3-13(15)16/h1-8,10,14,20H,9H2,(H,22,23)/t14-/m0/s1. The zero-order valence-electron chi connectivity index (χ0n) is 12.1. The van der Waals surface area contributed by atoms with Gasteiger partial charge in [0.05, 0.1) is 5.92 Å². The summed E-state index contributed by atoms with van der Waals surface area (Å²) < 4.78 is 0. The average Bonchev–Trinajstić information content (AvgIpc) is 2.96. The quantitative estimate of drug-likeness (QED) is 0.688. The van der Waals surface area contributed by atoms with E-state index in [4.69, 9.17) is 11.6 Å². The van der Waals surface area contributed by atoms with Crippen LogP contribution in [0.3, 0.4) is 0 Å². The van der Waals surface area contributed by atoms with E-state index in [0.717, 1.165) is 10.9 Å². The van der Waals surface area contributed by atoms with Crippen LogP contribution in [0.25, 0.3) is 10.9 Å². The van der Waals surface area contributed by atoms with Crippen LogP contribution >= 0.6 is 11.6 Å². The number of fused-ring (bicyclic) bond motifs is 1. The summed E-state index contributed by atoms with van der Waals surface area (Å²) in [5, 5.41) is 10.9. The molecule has 1 atom stereocenters. The summed E-state index contributed by atoms with van der Waals surface area (Å²) in [5.74, 6) is -2.13. The fraction of sp³-hybridized carbons (Fsp3) is 0.111. The minimum atomic E-state index is -1.02. The second-order valence-corrected chi connectivity index (χ2v) is 5.75. The molecule has 0 radical (unpaired) electrons. The molecule has 4 nitrogen and oxygen atoms in total. The summed E-state index contributed by atoms with van der Waals surface area (Å²) in [7, 11) is 0.